The lowest BCUT2D eigenvalue weighted by molar-refractivity contribution is 0.428. The molecule has 3 heteroatoms. The van der Waals surface area contributed by atoms with Gasteiger partial charge in [0.05, 0.1) is 6.26 Å². The van der Waals surface area contributed by atoms with Gasteiger partial charge in [0.15, 0.2) is 0 Å². The Bertz CT molecular complexity index is 462. The van der Waals surface area contributed by atoms with Crippen molar-refractivity contribution < 1.29 is 9.52 Å². The maximum absolute atomic E-state index is 9.26. The molecule has 18 heavy (non-hydrogen) atoms. The summed E-state index contributed by atoms with van der Waals surface area (Å²) in [5.41, 5.74) is 1.17. The number of aromatic hydroxyl groups is 1. The second-order valence-corrected chi connectivity index (χ2v) is 4.66. The standard InChI is InChI=1S/C15H19NO2/c1-11(10-15-4-3-9-18-15)16-12(2)13-5-7-14(17)8-6-13/h3-9,11-12,16-17H,10H2,1-2H3. The molecule has 2 unspecified atom stereocenters. The number of furan rings is 1. The predicted molar refractivity (Wildman–Crippen MR) is 71.5 cm³/mol. The Kier molecular flexibility index (Phi) is 4.05. The molecular formula is C15H19NO2. The Morgan fingerprint density at radius 2 is 1.89 bits per heavy atom. The van der Waals surface area contributed by atoms with Gasteiger partial charge in [-0.15, -0.1) is 0 Å². The van der Waals surface area contributed by atoms with Crippen molar-refractivity contribution in [2.24, 2.45) is 0 Å². The van der Waals surface area contributed by atoms with Gasteiger partial charge in [-0.25, -0.2) is 0 Å². The molecule has 0 saturated carbocycles. The molecule has 2 atom stereocenters. The van der Waals surface area contributed by atoms with E-state index in [1.54, 1.807) is 18.4 Å². The summed E-state index contributed by atoms with van der Waals surface area (Å²) in [6, 6.07) is 11.8. The summed E-state index contributed by atoms with van der Waals surface area (Å²) < 4.78 is 5.33. The molecule has 0 aliphatic rings. The van der Waals surface area contributed by atoms with Crippen LogP contribution in [0.5, 0.6) is 5.75 Å². The Balaban J connectivity index is 1.90. The van der Waals surface area contributed by atoms with Crippen LogP contribution >= 0.6 is 0 Å². The van der Waals surface area contributed by atoms with Crippen LogP contribution in [0.1, 0.15) is 31.2 Å². The molecule has 1 heterocycles. The van der Waals surface area contributed by atoms with Gasteiger partial charge in [0, 0.05) is 18.5 Å². The van der Waals surface area contributed by atoms with Crippen LogP contribution in [0.25, 0.3) is 0 Å². The van der Waals surface area contributed by atoms with E-state index in [0.717, 1.165) is 12.2 Å². The zero-order valence-electron chi connectivity index (χ0n) is 10.8. The SMILES string of the molecule is CC(Cc1ccco1)NC(C)c1ccc(O)cc1. The highest BCUT2D eigenvalue weighted by atomic mass is 16.3. The zero-order chi connectivity index (χ0) is 13.0. The lowest BCUT2D eigenvalue weighted by atomic mass is 10.1. The van der Waals surface area contributed by atoms with Crippen LogP contribution in [0.15, 0.2) is 47.1 Å². The average Bonchev–Trinajstić information content (AvgIpc) is 2.82. The fourth-order valence-electron chi connectivity index (χ4n) is 2.08. The van der Waals surface area contributed by atoms with E-state index in [1.807, 2.05) is 24.3 Å². The Morgan fingerprint density at radius 1 is 1.17 bits per heavy atom. The fraction of sp³-hybridized carbons (Fsp3) is 0.333. The molecule has 2 rings (SSSR count). The van der Waals surface area contributed by atoms with Gasteiger partial charge in [-0.05, 0) is 43.7 Å². The van der Waals surface area contributed by atoms with Gasteiger partial charge in [0.25, 0.3) is 0 Å². The highest BCUT2D eigenvalue weighted by Crippen LogP contribution is 2.17. The molecule has 0 aliphatic carbocycles. The summed E-state index contributed by atoms with van der Waals surface area (Å²) in [6.45, 7) is 4.25. The first kappa shape index (κ1) is 12.7. The maximum Gasteiger partial charge on any atom is 0.115 e. The summed E-state index contributed by atoms with van der Waals surface area (Å²) >= 11 is 0. The fourth-order valence-corrected chi connectivity index (χ4v) is 2.08. The lowest BCUT2D eigenvalue weighted by Crippen LogP contribution is -2.30. The van der Waals surface area contributed by atoms with Crippen LogP contribution in [-0.2, 0) is 6.42 Å². The second-order valence-electron chi connectivity index (χ2n) is 4.66. The maximum atomic E-state index is 9.26. The minimum absolute atomic E-state index is 0.246. The summed E-state index contributed by atoms with van der Waals surface area (Å²) in [4.78, 5) is 0. The smallest absolute Gasteiger partial charge is 0.115 e. The number of phenolic OH excluding ortho intramolecular Hbond substituents is 1. The Labute approximate surface area is 107 Å². The topological polar surface area (TPSA) is 45.4 Å². The number of nitrogens with one attached hydrogen (secondary N) is 1. The van der Waals surface area contributed by atoms with Crippen molar-refractivity contribution in [1.82, 2.24) is 5.32 Å². The van der Waals surface area contributed by atoms with Crippen molar-refractivity contribution in [3.63, 3.8) is 0 Å². The van der Waals surface area contributed by atoms with Gasteiger partial charge < -0.3 is 14.8 Å². The summed E-state index contributed by atoms with van der Waals surface area (Å²) in [5.74, 6) is 1.29. The molecule has 1 aromatic heterocycles. The minimum atomic E-state index is 0.246. The largest absolute Gasteiger partial charge is 0.508 e. The first-order valence-corrected chi connectivity index (χ1v) is 6.22. The minimum Gasteiger partial charge on any atom is -0.508 e. The predicted octanol–water partition coefficient (Wildman–Crippen LogP) is 3.27. The van der Waals surface area contributed by atoms with E-state index in [0.29, 0.717) is 11.8 Å². The van der Waals surface area contributed by atoms with E-state index in [1.165, 1.54) is 5.56 Å². The van der Waals surface area contributed by atoms with Crippen molar-refractivity contribution in [3.05, 3.63) is 54.0 Å². The molecular weight excluding hydrogens is 226 g/mol. The highest BCUT2D eigenvalue weighted by molar-refractivity contribution is 5.27. The summed E-state index contributed by atoms with van der Waals surface area (Å²) in [7, 11) is 0. The third-order valence-electron chi connectivity index (χ3n) is 3.02. The zero-order valence-corrected chi connectivity index (χ0v) is 10.8. The highest BCUT2D eigenvalue weighted by Gasteiger charge is 2.11. The van der Waals surface area contributed by atoms with Crippen LogP contribution in [0, 0.1) is 0 Å². The van der Waals surface area contributed by atoms with E-state index < -0.39 is 0 Å². The number of hydrogen-bond donors (Lipinski definition) is 2. The molecule has 96 valence electrons. The van der Waals surface area contributed by atoms with Crippen LogP contribution < -0.4 is 5.32 Å². The third kappa shape index (κ3) is 3.37. The van der Waals surface area contributed by atoms with Crippen LogP contribution in [-0.4, -0.2) is 11.1 Å². The molecule has 2 N–H and O–H groups in total. The molecule has 3 nitrogen and oxygen atoms in total. The molecule has 0 fully saturated rings. The van der Waals surface area contributed by atoms with Gasteiger partial charge in [0.1, 0.15) is 11.5 Å². The Hall–Kier alpha value is -1.74. The average molecular weight is 245 g/mol. The lowest BCUT2D eigenvalue weighted by Gasteiger charge is -2.19. The van der Waals surface area contributed by atoms with Crippen LogP contribution in [0.2, 0.25) is 0 Å². The van der Waals surface area contributed by atoms with E-state index in [4.69, 9.17) is 4.42 Å². The quantitative estimate of drug-likeness (QED) is 0.849. The van der Waals surface area contributed by atoms with E-state index in [-0.39, 0.29) is 6.04 Å². The molecule has 0 saturated heterocycles. The summed E-state index contributed by atoms with van der Waals surface area (Å²) in [5, 5.41) is 12.8. The van der Waals surface area contributed by atoms with Crippen molar-refractivity contribution in [3.8, 4) is 5.75 Å². The van der Waals surface area contributed by atoms with Crippen LogP contribution in [0.3, 0.4) is 0 Å². The molecule has 0 radical (unpaired) electrons. The van der Waals surface area contributed by atoms with Crippen LogP contribution in [0.4, 0.5) is 0 Å². The number of rotatable bonds is 5. The number of benzene rings is 1. The first-order chi connectivity index (χ1) is 8.65. The van der Waals surface area contributed by atoms with E-state index >= 15 is 0 Å². The molecule has 2 aromatic rings. The summed E-state index contributed by atoms with van der Waals surface area (Å²) in [6.07, 6.45) is 2.57. The van der Waals surface area contributed by atoms with Gasteiger partial charge in [-0.1, -0.05) is 12.1 Å². The van der Waals surface area contributed by atoms with Gasteiger partial charge in [-0.3, -0.25) is 0 Å². The van der Waals surface area contributed by atoms with Gasteiger partial charge in [0.2, 0.25) is 0 Å². The molecule has 0 aliphatic heterocycles. The first-order valence-electron chi connectivity index (χ1n) is 6.22. The second kappa shape index (κ2) is 5.74. The molecule has 0 spiro atoms. The Morgan fingerprint density at radius 3 is 2.50 bits per heavy atom. The third-order valence-corrected chi connectivity index (χ3v) is 3.02. The molecule has 1 aromatic carbocycles. The van der Waals surface area contributed by atoms with Crippen molar-refractivity contribution in [2.45, 2.75) is 32.4 Å². The molecule has 0 bridgehead atoms. The van der Waals surface area contributed by atoms with Gasteiger partial charge in [-0.2, -0.15) is 0 Å². The van der Waals surface area contributed by atoms with E-state index in [2.05, 4.69) is 19.2 Å². The number of hydrogen-bond acceptors (Lipinski definition) is 3. The van der Waals surface area contributed by atoms with Crippen molar-refractivity contribution in [1.29, 1.82) is 0 Å². The van der Waals surface area contributed by atoms with E-state index in [9.17, 15) is 5.11 Å². The monoisotopic (exact) mass is 245 g/mol. The van der Waals surface area contributed by atoms with Crippen molar-refractivity contribution in [2.75, 3.05) is 0 Å². The normalized spacial score (nSPS) is 14.3. The van der Waals surface area contributed by atoms with Gasteiger partial charge >= 0.3 is 0 Å². The van der Waals surface area contributed by atoms with Crippen molar-refractivity contribution >= 4 is 0 Å². The molecule has 0 amide bonds. The number of phenols is 1.